The highest BCUT2D eigenvalue weighted by Crippen LogP contribution is 2.34. The highest BCUT2D eigenvalue weighted by atomic mass is 32.2. The third kappa shape index (κ3) is 4.59. The molecule has 2 aliphatic rings. The van der Waals surface area contributed by atoms with E-state index in [4.69, 9.17) is 26.7 Å². The number of fused-ring (bicyclic) bond motifs is 1. The number of ether oxygens (including phenoxy) is 2. The average molecular weight is 475 g/mol. The molecule has 0 bridgehead atoms. The second kappa shape index (κ2) is 9.70. The summed E-state index contributed by atoms with van der Waals surface area (Å²) in [6.07, 6.45) is 4.02. The van der Waals surface area contributed by atoms with Crippen LogP contribution in [0.15, 0.2) is 34.1 Å². The lowest BCUT2D eigenvalue weighted by Gasteiger charge is -2.36. The number of thiocarbonyl (C=S) groups is 1. The van der Waals surface area contributed by atoms with E-state index in [-0.39, 0.29) is 23.7 Å². The first kappa shape index (κ1) is 22.9. The van der Waals surface area contributed by atoms with Crippen LogP contribution < -0.4 is 10.5 Å². The molecule has 0 saturated carbocycles. The Morgan fingerprint density at radius 1 is 1.28 bits per heavy atom. The van der Waals surface area contributed by atoms with Crippen molar-refractivity contribution in [3.63, 3.8) is 0 Å². The van der Waals surface area contributed by atoms with Crippen LogP contribution in [0, 0.1) is 0 Å². The van der Waals surface area contributed by atoms with E-state index < -0.39 is 0 Å². The number of aromatic nitrogens is 2. The maximum absolute atomic E-state index is 13.5. The van der Waals surface area contributed by atoms with Gasteiger partial charge in [-0.15, -0.1) is 0 Å². The molecule has 1 amide bonds. The molecule has 170 valence electrons. The van der Waals surface area contributed by atoms with E-state index in [1.165, 1.54) is 16.2 Å². The van der Waals surface area contributed by atoms with Crippen molar-refractivity contribution in [2.45, 2.75) is 32.5 Å². The molecule has 0 radical (unpaired) electrons. The number of rotatable bonds is 6. The number of carbonyl (C=O) groups is 1. The van der Waals surface area contributed by atoms with Crippen LogP contribution in [0.3, 0.4) is 0 Å². The first-order chi connectivity index (χ1) is 15.4. The summed E-state index contributed by atoms with van der Waals surface area (Å²) in [5.74, 6) is 0.371. The lowest BCUT2D eigenvalue weighted by Crippen LogP contribution is -2.46. The van der Waals surface area contributed by atoms with E-state index in [0.29, 0.717) is 58.9 Å². The molecule has 2 aromatic rings. The molecule has 0 N–H and O–H groups in total. The molecule has 0 spiro atoms. The quantitative estimate of drug-likeness (QED) is 0.359. The Hall–Kier alpha value is -2.27. The summed E-state index contributed by atoms with van der Waals surface area (Å²) in [6.45, 7) is 6.25. The van der Waals surface area contributed by atoms with E-state index in [9.17, 15) is 9.59 Å². The number of anilines is 1. The molecule has 4 heterocycles. The van der Waals surface area contributed by atoms with Crippen molar-refractivity contribution in [3.8, 4) is 0 Å². The molecular weight excluding hydrogens is 448 g/mol. The number of carbonyl (C=O) groups excluding carboxylic acids is 1. The fourth-order valence-electron chi connectivity index (χ4n) is 4.00. The summed E-state index contributed by atoms with van der Waals surface area (Å²) in [5, 5.41) is 0. The normalized spacial score (nSPS) is 23.0. The Labute approximate surface area is 196 Å². The molecule has 2 atom stereocenters. The highest BCUT2D eigenvalue weighted by Gasteiger charge is 2.33. The van der Waals surface area contributed by atoms with Crippen LogP contribution in [0.1, 0.15) is 25.8 Å². The van der Waals surface area contributed by atoms with Crippen molar-refractivity contribution in [1.29, 1.82) is 0 Å². The predicted octanol–water partition coefficient (Wildman–Crippen LogP) is 2.55. The van der Waals surface area contributed by atoms with Crippen molar-refractivity contribution < 1.29 is 14.3 Å². The number of methoxy groups -OCH3 is 1. The average Bonchev–Trinajstić information content (AvgIpc) is 3.02. The first-order valence-electron chi connectivity index (χ1n) is 10.5. The molecule has 0 aliphatic carbocycles. The van der Waals surface area contributed by atoms with Gasteiger partial charge in [-0.2, -0.15) is 0 Å². The summed E-state index contributed by atoms with van der Waals surface area (Å²) in [4.78, 5) is 35.3. The van der Waals surface area contributed by atoms with Gasteiger partial charge in [-0.1, -0.05) is 30.0 Å². The monoisotopic (exact) mass is 474 g/mol. The van der Waals surface area contributed by atoms with Crippen LogP contribution >= 0.6 is 24.0 Å². The summed E-state index contributed by atoms with van der Waals surface area (Å²) in [5.41, 5.74) is 0.720. The zero-order valence-electron chi connectivity index (χ0n) is 18.3. The van der Waals surface area contributed by atoms with Gasteiger partial charge in [0.1, 0.15) is 15.8 Å². The molecule has 10 heteroatoms. The minimum Gasteiger partial charge on any atom is -0.385 e. The molecule has 2 saturated heterocycles. The van der Waals surface area contributed by atoms with E-state index >= 15 is 0 Å². The number of pyridine rings is 1. The van der Waals surface area contributed by atoms with Crippen molar-refractivity contribution in [1.82, 2.24) is 14.3 Å². The summed E-state index contributed by atoms with van der Waals surface area (Å²) < 4.78 is 12.9. The molecule has 2 fully saturated rings. The molecule has 4 rings (SSSR count). The standard InChI is InChI=1S/C22H26N4O4S2/c1-14-12-24(13-15(2)30-14)19-16(20(27)25-8-5-4-7-18(25)23-19)11-17-21(28)26(22(31)32-17)9-6-10-29-3/h4-5,7-8,11,14-15H,6,9-10,12-13H2,1-3H3/b17-11+/t14-,15+. The Balaban J connectivity index is 1.77. The van der Waals surface area contributed by atoms with Gasteiger partial charge < -0.3 is 14.4 Å². The smallest absolute Gasteiger partial charge is 0.267 e. The van der Waals surface area contributed by atoms with Gasteiger partial charge in [0.15, 0.2) is 0 Å². The summed E-state index contributed by atoms with van der Waals surface area (Å²) >= 11 is 6.63. The third-order valence-corrected chi connectivity index (χ3v) is 6.73. The van der Waals surface area contributed by atoms with Crippen LogP contribution in [0.4, 0.5) is 5.82 Å². The zero-order valence-corrected chi connectivity index (χ0v) is 19.9. The number of hydrogen-bond donors (Lipinski definition) is 0. The van der Waals surface area contributed by atoms with Crippen LogP contribution in [0.2, 0.25) is 0 Å². The number of thioether (sulfide) groups is 1. The fourth-order valence-corrected chi connectivity index (χ4v) is 5.29. The molecule has 8 nitrogen and oxygen atoms in total. The number of nitrogens with zero attached hydrogens (tertiary/aromatic N) is 4. The van der Waals surface area contributed by atoms with Gasteiger partial charge in [-0.05, 0) is 38.5 Å². The van der Waals surface area contributed by atoms with Crippen LogP contribution in [0.5, 0.6) is 0 Å². The number of morpholine rings is 1. The second-order valence-corrected chi connectivity index (χ2v) is 9.60. The fraction of sp³-hybridized carbons (Fsp3) is 0.455. The molecule has 0 unspecified atom stereocenters. The summed E-state index contributed by atoms with van der Waals surface area (Å²) in [7, 11) is 1.62. The van der Waals surface area contributed by atoms with Crippen LogP contribution in [0.25, 0.3) is 11.7 Å². The largest absolute Gasteiger partial charge is 0.385 e. The molecule has 2 aromatic heterocycles. The maximum atomic E-state index is 13.5. The Morgan fingerprint density at radius 2 is 2.03 bits per heavy atom. The van der Waals surface area contributed by atoms with Crippen LogP contribution in [-0.2, 0) is 14.3 Å². The van der Waals surface area contributed by atoms with Gasteiger partial charge >= 0.3 is 0 Å². The van der Waals surface area contributed by atoms with Gasteiger partial charge in [-0.3, -0.25) is 18.9 Å². The Kier molecular flexibility index (Phi) is 6.94. The molecule has 2 aliphatic heterocycles. The third-order valence-electron chi connectivity index (χ3n) is 5.35. The lowest BCUT2D eigenvalue weighted by molar-refractivity contribution is -0.122. The SMILES string of the molecule is COCCCN1C(=O)/C(=C\c2c(N3C[C@@H](C)O[C@@H](C)C3)nc3ccccn3c2=O)SC1=S. The first-order valence-corrected chi connectivity index (χ1v) is 11.8. The van der Waals surface area contributed by atoms with Crippen molar-refractivity contribution >= 4 is 51.7 Å². The van der Waals surface area contributed by atoms with Gasteiger partial charge in [-0.25, -0.2) is 4.98 Å². The topological polar surface area (TPSA) is 76.4 Å². The predicted molar refractivity (Wildman–Crippen MR) is 130 cm³/mol. The van der Waals surface area contributed by atoms with Crippen molar-refractivity contribution in [2.24, 2.45) is 0 Å². The minimum absolute atomic E-state index is 0.00150. The Bertz CT molecular complexity index is 1120. The Morgan fingerprint density at radius 3 is 2.75 bits per heavy atom. The molecular formula is C22H26N4O4S2. The van der Waals surface area contributed by atoms with E-state index in [1.54, 1.807) is 36.4 Å². The van der Waals surface area contributed by atoms with E-state index in [0.717, 1.165) is 0 Å². The van der Waals surface area contributed by atoms with E-state index in [2.05, 4.69) is 4.90 Å². The van der Waals surface area contributed by atoms with Gasteiger partial charge in [0.05, 0.1) is 22.7 Å². The van der Waals surface area contributed by atoms with Crippen LogP contribution in [-0.4, -0.2) is 70.1 Å². The number of amides is 1. The van der Waals surface area contributed by atoms with Crippen molar-refractivity contribution in [2.75, 3.05) is 38.3 Å². The lowest BCUT2D eigenvalue weighted by atomic mass is 10.2. The molecule has 32 heavy (non-hydrogen) atoms. The van der Waals surface area contributed by atoms with Gasteiger partial charge in [0.2, 0.25) is 0 Å². The van der Waals surface area contributed by atoms with E-state index in [1.807, 2.05) is 19.9 Å². The number of hydrogen-bond acceptors (Lipinski definition) is 8. The minimum atomic E-state index is -0.220. The van der Waals surface area contributed by atoms with Gasteiger partial charge in [0.25, 0.3) is 11.5 Å². The summed E-state index contributed by atoms with van der Waals surface area (Å²) in [6, 6.07) is 5.44. The molecule has 0 aromatic carbocycles. The second-order valence-electron chi connectivity index (χ2n) is 7.93. The van der Waals surface area contributed by atoms with Gasteiger partial charge in [0, 0.05) is 39.5 Å². The maximum Gasteiger partial charge on any atom is 0.267 e. The highest BCUT2D eigenvalue weighted by molar-refractivity contribution is 8.26. The van der Waals surface area contributed by atoms with Crippen molar-refractivity contribution in [3.05, 3.63) is 45.2 Å². The zero-order chi connectivity index (χ0) is 22.8.